The molecular formula is C9H18O7. The Hall–Kier alpha value is -0.570. The summed E-state index contributed by atoms with van der Waals surface area (Å²) in [4.78, 5) is 10.4. The quantitative estimate of drug-likeness (QED) is 0.214. The fourth-order valence-corrected chi connectivity index (χ4v) is 1.09. The summed E-state index contributed by atoms with van der Waals surface area (Å²) in [7, 11) is 0. The molecule has 96 valence electrons. The first-order valence-electron chi connectivity index (χ1n) is 4.91. The lowest BCUT2D eigenvalue weighted by Crippen LogP contribution is -2.48. The fraction of sp³-hybridized carbons (Fsp3) is 0.889. The van der Waals surface area contributed by atoms with E-state index in [1.54, 1.807) is 0 Å². The van der Waals surface area contributed by atoms with Crippen molar-refractivity contribution in [3.63, 3.8) is 0 Å². The first-order chi connectivity index (χ1) is 7.58. The van der Waals surface area contributed by atoms with Gasteiger partial charge in [0.05, 0.1) is 6.61 Å². The van der Waals surface area contributed by atoms with Gasteiger partial charge >= 0.3 is 0 Å². The normalized spacial score (nSPS) is 18.8. The van der Waals surface area contributed by atoms with Crippen molar-refractivity contribution in [2.24, 2.45) is 0 Å². The van der Waals surface area contributed by atoms with E-state index in [9.17, 15) is 15.0 Å². The summed E-state index contributed by atoms with van der Waals surface area (Å²) < 4.78 is 4.96. The van der Waals surface area contributed by atoms with Crippen LogP contribution in [0.15, 0.2) is 0 Å². The highest BCUT2D eigenvalue weighted by Crippen LogP contribution is 2.09. The Labute approximate surface area is 92.9 Å². The summed E-state index contributed by atoms with van der Waals surface area (Å²) in [5.74, 6) is 0. The second-order valence-corrected chi connectivity index (χ2v) is 3.28. The van der Waals surface area contributed by atoms with E-state index < -0.39 is 31.0 Å². The van der Waals surface area contributed by atoms with E-state index in [2.05, 4.69) is 0 Å². The zero-order chi connectivity index (χ0) is 12.6. The van der Waals surface area contributed by atoms with E-state index >= 15 is 0 Å². The van der Waals surface area contributed by atoms with Gasteiger partial charge in [-0.2, -0.15) is 0 Å². The summed E-state index contributed by atoms with van der Waals surface area (Å²) in [6.07, 6.45) is -5.58. The van der Waals surface area contributed by atoms with Crippen LogP contribution < -0.4 is 0 Å². The van der Waals surface area contributed by atoms with Gasteiger partial charge in [0.25, 0.3) is 0 Å². The van der Waals surface area contributed by atoms with E-state index in [0.29, 0.717) is 0 Å². The lowest BCUT2D eigenvalue weighted by molar-refractivity contribution is -0.150. The molecule has 4 atom stereocenters. The Morgan fingerprint density at radius 2 is 1.81 bits per heavy atom. The highest BCUT2D eigenvalue weighted by molar-refractivity contribution is 5.56. The van der Waals surface area contributed by atoms with Crippen molar-refractivity contribution in [2.45, 2.75) is 30.8 Å². The number of rotatable bonds is 9. The molecule has 0 aromatic carbocycles. The third kappa shape index (κ3) is 4.97. The molecule has 0 heterocycles. The molecule has 0 aromatic rings. The van der Waals surface area contributed by atoms with Crippen LogP contribution in [0.5, 0.6) is 0 Å². The molecule has 16 heavy (non-hydrogen) atoms. The first-order valence-corrected chi connectivity index (χ1v) is 4.91. The molecule has 0 spiro atoms. The molecule has 7 nitrogen and oxygen atoms in total. The van der Waals surface area contributed by atoms with Crippen LogP contribution in [0.3, 0.4) is 0 Å². The Bertz CT molecular complexity index is 187. The van der Waals surface area contributed by atoms with Gasteiger partial charge in [0.1, 0.15) is 24.4 Å². The van der Waals surface area contributed by atoms with E-state index in [1.807, 2.05) is 0 Å². The van der Waals surface area contributed by atoms with E-state index in [-0.39, 0.29) is 25.9 Å². The van der Waals surface area contributed by atoms with E-state index in [4.69, 9.17) is 20.1 Å². The summed E-state index contributed by atoms with van der Waals surface area (Å²) >= 11 is 0. The number of ether oxygens (including phenoxy) is 1. The molecule has 0 aliphatic heterocycles. The van der Waals surface area contributed by atoms with Crippen molar-refractivity contribution in [3.8, 4) is 0 Å². The smallest absolute Gasteiger partial charge is 0.151 e. The number of aliphatic hydroxyl groups is 5. The molecule has 0 unspecified atom stereocenters. The minimum Gasteiger partial charge on any atom is -0.396 e. The van der Waals surface area contributed by atoms with Gasteiger partial charge in [-0.1, -0.05) is 0 Å². The van der Waals surface area contributed by atoms with Gasteiger partial charge in [-0.25, -0.2) is 0 Å². The molecule has 0 saturated heterocycles. The number of carbonyl (C=O) groups excluding carboxylic acids is 1. The lowest BCUT2D eigenvalue weighted by atomic mass is 10.0. The van der Waals surface area contributed by atoms with Crippen LogP contribution in [-0.4, -0.2) is 76.1 Å². The van der Waals surface area contributed by atoms with Crippen LogP contribution in [0.4, 0.5) is 0 Å². The van der Waals surface area contributed by atoms with Crippen LogP contribution in [0.1, 0.15) is 6.42 Å². The average Bonchev–Trinajstić information content (AvgIpc) is 2.32. The van der Waals surface area contributed by atoms with Crippen LogP contribution >= 0.6 is 0 Å². The number of carbonyl (C=O) groups is 1. The highest BCUT2D eigenvalue weighted by Gasteiger charge is 2.32. The number of aliphatic hydroxyl groups excluding tert-OH is 5. The number of aldehydes is 1. The van der Waals surface area contributed by atoms with Gasteiger partial charge in [0.2, 0.25) is 0 Å². The average molecular weight is 238 g/mol. The largest absolute Gasteiger partial charge is 0.396 e. The third-order valence-electron chi connectivity index (χ3n) is 2.01. The van der Waals surface area contributed by atoms with E-state index in [0.717, 1.165) is 0 Å². The third-order valence-corrected chi connectivity index (χ3v) is 2.01. The monoisotopic (exact) mass is 238 g/mol. The SMILES string of the molecule is O=C[C@H](O)[C@@H](OCCCO)[C@H](O)[C@H](O)CO. The molecule has 7 heteroatoms. The van der Waals surface area contributed by atoms with Crippen molar-refractivity contribution in [3.05, 3.63) is 0 Å². The van der Waals surface area contributed by atoms with Crippen molar-refractivity contribution in [2.75, 3.05) is 19.8 Å². The summed E-state index contributed by atoms with van der Waals surface area (Å²) in [5, 5.41) is 44.9. The molecule has 0 aromatic heterocycles. The van der Waals surface area contributed by atoms with Crippen LogP contribution in [0, 0.1) is 0 Å². The molecule has 0 rings (SSSR count). The molecule has 0 bridgehead atoms. The molecule has 0 radical (unpaired) electrons. The number of hydrogen-bond acceptors (Lipinski definition) is 7. The molecule has 0 aliphatic rings. The molecular weight excluding hydrogens is 220 g/mol. The van der Waals surface area contributed by atoms with Crippen LogP contribution in [-0.2, 0) is 9.53 Å². The van der Waals surface area contributed by atoms with Crippen molar-refractivity contribution in [1.82, 2.24) is 0 Å². The Kier molecular flexibility index (Phi) is 8.26. The first kappa shape index (κ1) is 15.4. The molecule has 5 N–H and O–H groups in total. The Morgan fingerprint density at radius 1 is 1.19 bits per heavy atom. The standard InChI is InChI=1S/C9H18O7/c10-2-1-3-16-9(7(14)5-12)8(15)6(13)4-11/h5-11,13-15H,1-4H2/t6-,7+,8-,9-/m1/s1. The topological polar surface area (TPSA) is 127 Å². The number of hydrogen-bond donors (Lipinski definition) is 5. The van der Waals surface area contributed by atoms with Crippen molar-refractivity contribution < 1.29 is 35.1 Å². The van der Waals surface area contributed by atoms with Gasteiger partial charge in [-0.05, 0) is 6.42 Å². The minimum absolute atomic E-state index is 0.0152. The fourth-order valence-electron chi connectivity index (χ4n) is 1.09. The predicted molar refractivity (Wildman–Crippen MR) is 52.6 cm³/mol. The minimum atomic E-state index is -1.60. The van der Waals surface area contributed by atoms with Crippen molar-refractivity contribution >= 4 is 6.29 Å². The van der Waals surface area contributed by atoms with Gasteiger partial charge in [0, 0.05) is 13.2 Å². The molecule has 0 saturated carbocycles. The summed E-state index contributed by atoms with van der Waals surface area (Å²) in [6.45, 7) is -0.837. The zero-order valence-corrected chi connectivity index (χ0v) is 8.77. The molecule has 0 fully saturated rings. The second-order valence-electron chi connectivity index (χ2n) is 3.28. The van der Waals surface area contributed by atoms with Crippen LogP contribution in [0.2, 0.25) is 0 Å². The maximum atomic E-state index is 10.4. The molecule has 0 aliphatic carbocycles. The molecule has 0 amide bonds. The van der Waals surface area contributed by atoms with Gasteiger partial charge in [0.15, 0.2) is 6.29 Å². The lowest BCUT2D eigenvalue weighted by Gasteiger charge is -2.27. The van der Waals surface area contributed by atoms with Gasteiger partial charge in [-0.15, -0.1) is 0 Å². The van der Waals surface area contributed by atoms with Gasteiger partial charge in [-0.3, -0.25) is 0 Å². The van der Waals surface area contributed by atoms with Crippen molar-refractivity contribution in [1.29, 1.82) is 0 Å². The van der Waals surface area contributed by atoms with Gasteiger partial charge < -0.3 is 35.1 Å². The summed E-state index contributed by atoms with van der Waals surface area (Å²) in [6, 6.07) is 0. The maximum Gasteiger partial charge on any atom is 0.151 e. The maximum absolute atomic E-state index is 10.4. The Balaban J connectivity index is 4.34. The van der Waals surface area contributed by atoms with E-state index in [1.165, 1.54) is 0 Å². The summed E-state index contributed by atoms with van der Waals surface area (Å²) in [5.41, 5.74) is 0. The predicted octanol–water partition coefficient (Wildman–Crippen LogP) is -2.97. The second kappa shape index (κ2) is 8.57. The Morgan fingerprint density at radius 3 is 2.25 bits per heavy atom. The highest BCUT2D eigenvalue weighted by atomic mass is 16.5. The zero-order valence-electron chi connectivity index (χ0n) is 8.77. The van der Waals surface area contributed by atoms with Crippen LogP contribution in [0.25, 0.3) is 0 Å².